The molecule has 1 fully saturated rings. The maximum atomic E-state index is 5.92. The first kappa shape index (κ1) is 20.0. The molecule has 0 spiro atoms. The minimum Gasteiger partial charge on any atom is -0.494 e. The molecule has 1 N–H and O–H groups in total. The average molecular weight is 388 g/mol. The summed E-state index contributed by atoms with van der Waals surface area (Å²) < 4.78 is 5.92. The van der Waals surface area contributed by atoms with E-state index < -0.39 is 0 Å². The standard InChI is InChI=1S/C27H33NO/c1-3-4-17-29-25-12-7-11-22(19-25)23-15-16-24(18-23)28-20(2)26-14-8-10-21-9-5-6-13-27(21)26/h5-14,19-20,23-24,28H,3-4,15-18H2,1-2H3/t20-,23-,24+/m1/s1. The molecule has 1 aliphatic carbocycles. The Morgan fingerprint density at radius 1 is 1.00 bits per heavy atom. The van der Waals surface area contributed by atoms with Crippen LogP contribution in [0, 0.1) is 0 Å². The Balaban J connectivity index is 1.39. The Morgan fingerprint density at radius 3 is 2.72 bits per heavy atom. The SMILES string of the molecule is CCCCOc1cccc([C@@H]2CC[C@H](N[C@H](C)c3cccc4ccccc34)C2)c1. The van der Waals surface area contributed by atoms with Crippen LogP contribution in [0.1, 0.15) is 69.0 Å². The van der Waals surface area contributed by atoms with E-state index in [1.165, 1.54) is 47.6 Å². The van der Waals surface area contributed by atoms with Gasteiger partial charge in [-0.05, 0) is 72.6 Å². The van der Waals surface area contributed by atoms with Gasteiger partial charge in [0.2, 0.25) is 0 Å². The van der Waals surface area contributed by atoms with Gasteiger partial charge in [-0.15, -0.1) is 0 Å². The summed E-state index contributed by atoms with van der Waals surface area (Å²) in [6.07, 6.45) is 5.98. The van der Waals surface area contributed by atoms with Crippen molar-refractivity contribution in [3.05, 3.63) is 77.9 Å². The maximum Gasteiger partial charge on any atom is 0.119 e. The van der Waals surface area contributed by atoms with Crippen molar-refractivity contribution in [3.8, 4) is 5.75 Å². The smallest absolute Gasteiger partial charge is 0.119 e. The molecule has 29 heavy (non-hydrogen) atoms. The van der Waals surface area contributed by atoms with Crippen molar-refractivity contribution in [1.82, 2.24) is 5.32 Å². The number of ether oxygens (including phenoxy) is 1. The zero-order chi connectivity index (χ0) is 20.1. The van der Waals surface area contributed by atoms with E-state index in [-0.39, 0.29) is 0 Å². The van der Waals surface area contributed by atoms with Crippen LogP contribution in [0.2, 0.25) is 0 Å². The molecule has 0 radical (unpaired) electrons. The zero-order valence-corrected chi connectivity index (χ0v) is 17.7. The summed E-state index contributed by atoms with van der Waals surface area (Å²) in [5.74, 6) is 1.65. The fraction of sp³-hybridized carbons (Fsp3) is 0.407. The van der Waals surface area contributed by atoms with Crippen LogP contribution in [0.5, 0.6) is 5.75 Å². The van der Waals surface area contributed by atoms with Crippen LogP contribution < -0.4 is 10.1 Å². The monoisotopic (exact) mass is 387 g/mol. The highest BCUT2D eigenvalue weighted by Gasteiger charge is 2.27. The van der Waals surface area contributed by atoms with Gasteiger partial charge < -0.3 is 10.1 Å². The number of unbranched alkanes of at least 4 members (excludes halogenated alkanes) is 1. The highest BCUT2D eigenvalue weighted by Crippen LogP contribution is 2.37. The van der Waals surface area contributed by atoms with Crippen molar-refractivity contribution >= 4 is 10.8 Å². The van der Waals surface area contributed by atoms with Gasteiger partial charge in [0, 0.05) is 12.1 Å². The fourth-order valence-electron chi connectivity index (χ4n) is 4.70. The number of benzene rings is 3. The summed E-state index contributed by atoms with van der Waals surface area (Å²) in [6, 6.07) is 25.0. The molecule has 3 aromatic rings. The molecule has 2 heteroatoms. The molecule has 0 aromatic heterocycles. The van der Waals surface area contributed by atoms with E-state index in [2.05, 4.69) is 85.9 Å². The Labute approximate surface area is 175 Å². The molecule has 1 aliphatic rings. The molecule has 0 saturated heterocycles. The number of rotatable bonds is 8. The highest BCUT2D eigenvalue weighted by atomic mass is 16.5. The van der Waals surface area contributed by atoms with Gasteiger partial charge in [-0.2, -0.15) is 0 Å². The largest absolute Gasteiger partial charge is 0.494 e. The van der Waals surface area contributed by atoms with Crippen molar-refractivity contribution in [1.29, 1.82) is 0 Å². The first-order valence-corrected chi connectivity index (χ1v) is 11.2. The van der Waals surface area contributed by atoms with E-state index in [1.807, 2.05) is 0 Å². The Morgan fingerprint density at radius 2 is 1.83 bits per heavy atom. The minimum atomic E-state index is 0.355. The molecular weight excluding hydrogens is 354 g/mol. The van der Waals surface area contributed by atoms with Crippen LogP contribution in [0.25, 0.3) is 10.8 Å². The van der Waals surface area contributed by atoms with Crippen LogP contribution in [0.15, 0.2) is 66.7 Å². The van der Waals surface area contributed by atoms with Gasteiger partial charge in [0.25, 0.3) is 0 Å². The summed E-state index contributed by atoms with van der Waals surface area (Å²) in [7, 11) is 0. The molecule has 0 amide bonds. The van der Waals surface area contributed by atoms with Crippen molar-refractivity contribution in [2.75, 3.05) is 6.61 Å². The number of fused-ring (bicyclic) bond motifs is 1. The quantitative estimate of drug-likeness (QED) is 0.420. The molecule has 152 valence electrons. The highest BCUT2D eigenvalue weighted by molar-refractivity contribution is 5.86. The van der Waals surface area contributed by atoms with E-state index in [0.717, 1.165) is 18.8 Å². The normalized spacial score (nSPS) is 20.1. The lowest BCUT2D eigenvalue weighted by atomic mass is 9.96. The van der Waals surface area contributed by atoms with Crippen LogP contribution in [-0.2, 0) is 0 Å². The third kappa shape index (κ3) is 4.82. The van der Waals surface area contributed by atoms with E-state index in [0.29, 0.717) is 18.0 Å². The Bertz CT molecular complexity index is 929. The first-order valence-electron chi connectivity index (χ1n) is 11.2. The zero-order valence-electron chi connectivity index (χ0n) is 17.7. The van der Waals surface area contributed by atoms with Crippen LogP contribution >= 0.6 is 0 Å². The molecule has 0 heterocycles. The van der Waals surface area contributed by atoms with Gasteiger partial charge in [-0.25, -0.2) is 0 Å². The van der Waals surface area contributed by atoms with Gasteiger partial charge in [-0.1, -0.05) is 67.9 Å². The Kier molecular flexibility index (Phi) is 6.51. The van der Waals surface area contributed by atoms with E-state index >= 15 is 0 Å². The van der Waals surface area contributed by atoms with Crippen molar-refractivity contribution < 1.29 is 4.74 Å². The molecule has 3 atom stereocenters. The topological polar surface area (TPSA) is 21.3 Å². The van der Waals surface area contributed by atoms with Gasteiger partial charge in [0.15, 0.2) is 0 Å². The predicted molar refractivity (Wildman–Crippen MR) is 123 cm³/mol. The second-order valence-corrected chi connectivity index (χ2v) is 8.44. The van der Waals surface area contributed by atoms with Crippen molar-refractivity contribution in [2.24, 2.45) is 0 Å². The lowest BCUT2D eigenvalue weighted by molar-refractivity contribution is 0.309. The number of hydrogen-bond donors (Lipinski definition) is 1. The lowest BCUT2D eigenvalue weighted by Gasteiger charge is -2.21. The van der Waals surface area contributed by atoms with Crippen molar-refractivity contribution in [3.63, 3.8) is 0 Å². The van der Waals surface area contributed by atoms with E-state index in [1.54, 1.807) is 0 Å². The summed E-state index contributed by atoms with van der Waals surface area (Å²) in [5.41, 5.74) is 2.83. The Hall–Kier alpha value is -2.32. The number of hydrogen-bond acceptors (Lipinski definition) is 2. The van der Waals surface area contributed by atoms with Gasteiger partial charge in [-0.3, -0.25) is 0 Å². The van der Waals surface area contributed by atoms with Gasteiger partial charge in [0.05, 0.1) is 6.61 Å². The number of nitrogens with one attached hydrogen (secondary N) is 1. The second-order valence-electron chi connectivity index (χ2n) is 8.44. The minimum absolute atomic E-state index is 0.355. The predicted octanol–water partition coefficient (Wildman–Crippen LogP) is 7.01. The van der Waals surface area contributed by atoms with Crippen molar-refractivity contribution in [2.45, 2.75) is 64.0 Å². The van der Waals surface area contributed by atoms with Gasteiger partial charge >= 0.3 is 0 Å². The molecule has 3 aromatic carbocycles. The van der Waals surface area contributed by atoms with Crippen LogP contribution in [0.4, 0.5) is 0 Å². The third-order valence-electron chi connectivity index (χ3n) is 6.30. The fourth-order valence-corrected chi connectivity index (χ4v) is 4.70. The third-order valence-corrected chi connectivity index (χ3v) is 6.30. The molecule has 0 unspecified atom stereocenters. The summed E-state index contributed by atoms with van der Waals surface area (Å²) in [6.45, 7) is 5.32. The molecule has 0 bridgehead atoms. The van der Waals surface area contributed by atoms with E-state index in [9.17, 15) is 0 Å². The first-order chi connectivity index (χ1) is 14.2. The molecule has 2 nitrogen and oxygen atoms in total. The van der Waals surface area contributed by atoms with Gasteiger partial charge in [0.1, 0.15) is 5.75 Å². The van der Waals surface area contributed by atoms with Crippen LogP contribution in [0.3, 0.4) is 0 Å². The molecule has 1 saturated carbocycles. The molecule has 0 aliphatic heterocycles. The summed E-state index contributed by atoms with van der Waals surface area (Å²) in [5, 5.41) is 6.60. The van der Waals surface area contributed by atoms with Crippen LogP contribution in [-0.4, -0.2) is 12.6 Å². The summed E-state index contributed by atoms with van der Waals surface area (Å²) >= 11 is 0. The second kappa shape index (κ2) is 9.45. The molecule has 4 rings (SSSR count). The summed E-state index contributed by atoms with van der Waals surface area (Å²) in [4.78, 5) is 0. The van der Waals surface area contributed by atoms with E-state index in [4.69, 9.17) is 4.74 Å². The lowest BCUT2D eigenvalue weighted by Crippen LogP contribution is -2.29. The molecular formula is C27H33NO. The average Bonchev–Trinajstić information content (AvgIpc) is 3.22. The maximum absolute atomic E-state index is 5.92.